The Labute approximate surface area is 682 Å². The summed E-state index contributed by atoms with van der Waals surface area (Å²) in [6.07, 6.45) is 26.5. The number of aryl methyl sites for hydroxylation is 4. The van der Waals surface area contributed by atoms with Gasteiger partial charge in [-0.05, 0) is 242 Å². The van der Waals surface area contributed by atoms with E-state index < -0.39 is 0 Å². The van der Waals surface area contributed by atoms with Crippen LogP contribution in [0.25, 0.3) is 32.3 Å². The van der Waals surface area contributed by atoms with E-state index in [9.17, 15) is 40.9 Å². The van der Waals surface area contributed by atoms with Gasteiger partial charge in [0.25, 0.3) is 0 Å². The van der Waals surface area contributed by atoms with Gasteiger partial charge in [-0.2, -0.15) is 0 Å². The van der Waals surface area contributed by atoms with Gasteiger partial charge in [-0.15, -0.1) is 0 Å². The number of aliphatic hydroxyl groups excluding tert-OH is 2. The highest BCUT2D eigenvalue weighted by molar-refractivity contribution is 7.98. The van der Waals surface area contributed by atoms with Crippen LogP contribution in [-0.4, -0.2) is 151 Å². The lowest BCUT2D eigenvalue weighted by atomic mass is 10.1. The van der Waals surface area contributed by atoms with Crippen LogP contribution in [0, 0.1) is 27.7 Å². The van der Waals surface area contributed by atoms with Crippen molar-refractivity contribution in [1.82, 2.24) is 0 Å². The van der Waals surface area contributed by atoms with Crippen LogP contribution in [0.2, 0.25) is 0 Å². The molecule has 0 amide bonds. The van der Waals surface area contributed by atoms with Gasteiger partial charge in [0.05, 0.1) is 18.6 Å². The molecule has 11 aromatic carbocycles. The van der Waals surface area contributed by atoms with Crippen LogP contribution in [0.1, 0.15) is 97.6 Å². The number of rotatable bonds is 10. The van der Waals surface area contributed by atoms with Crippen molar-refractivity contribution >= 4 is 119 Å². The van der Waals surface area contributed by atoms with E-state index in [0.29, 0.717) is 83.1 Å². The lowest BCUT2D eigenvalue weighted by Gasteiger charge is -2.09. The molecule has 11 N–H and O–H groups in total. The van der Waals surface area contributed by atoms with Crippen molar-refractivity contribution in [2.75, 3.05) is 95.1 Å². The van der Waals surface area contributed by atoms with Crippen LogP contribution in [0.3, 0.4) is 0 Å². The van der Waals surface area contributed by atoms with Gasteiger partial charge in [0.1, 0.15) is 147 Å². The summed E-state index contributed by atoms with van der Waals surface area (Å²) in [5.74, 6) is 16.0. The molecule has 590 valence electrons. The van der Waals surface area contributed by atoms with E-state index in [1.807, 2.05) is 82.3 Å². The minimum atomic E-state index is -0.177. The summed E-state index contributed by atoms with van der Waals surface area (Å²) in [5.41, 5.74) is 5.17. The van der Waals surface area contributed by atoms with Gasteiger partial charge in [-0.25, -0.2) is 0 Å². The molecule has 0 aliphatic carbocycles. The lowest BCUT2D eigenvalue weighted by molar-refractivity contribution is 0.263. The maximum Gasteiger partial charge on any atom is 0.166 e. The van der Waals surface area contributed by atoms with E-state index in [-0.39, 0.29) is 85.5 Å². The first kappa shape index (κ1) is 88.1. The van der Waals surface area contributed by atoms with Crippen LogP contribution in [0.15, 0.2) is 227 Å². The van der Waals surface area contributed by atoms with Gasteiger partial charge in [0.2, 0.25) is 0 Å². The Hall–Kier alpha value is -6.88. The third-order valence-electron chi connectivity index (χ3n) is 20.0. The van der Waals surface area contributed by atoms with E-state index in [1.54, 1.807) is 65.6 Å². The molecule has 0 atom stereocenters. The average Bonchev–Trinajstić information content (AvgIpc) is 1.44. The quantitative estimate of drug-likeness (QED) is 0.0578. The number of hydrogen-bond acceptors (Lipinski definition) is 11. The van der Waals surface area contributed by atoms with Crippen molar-refractivity contribution in [2.24, 2.45) is 0 Å². The molecule has 0 aromatic heterocycles. The van der Waals surface area contributed by atoms with Gasteiger partial charge in [0.15, 0.2) is 39.2 Å². The molecule has 16 rings (SSSR count). The molecule has 5 aliphatic rings. The number of aliphatic hydroxyl groups is 2. The first-order valence-electron chi connectivity index (χ1n) is 38.1. The molecular formula is C92H116O11S8+8. The Morgan fingerprint density at radius 1 is 0.261 bits per heavy atom. The Kier molecular flexibility index (Phi) is 34.6. The molecule has 11 nitrogen and oxygen atoms in total. The largest absolute Gasteiger partial charge is 0.508 e. The maximum atomic E-state index is 9.82. The fourth-order valence-electron chi connectivity index (χ4n) is 13.9. The van der Waals surface area contributed by atoms with E-state index >= 15 is 0 Å². The fraction of sp³-hybridized carbons (Fsp3) is 0.348. The second-order valence-electron chi connectivity index (χ2n) is 28.7. The molecule has 0 unspecified atom stereocenters. The molecule has 5 aliphatic heterocycles. The Balaban J connectivity index is 0.000000146. The molecule has 0 saturated carbocycles. The second-order valence-corrected chi connectivity index (χ2v) is 46.3. The summed E-state index contributed by atoms with van der Waals surface area (Å²) < 4.78 is 0. The summed E-state index contributed by atoms with van der Waals surface area (Å²) in [6.45, 7) is 7.61. The molecule has 111 heavy (non-hydrogen) atoms. The summed E-state index contributed by atoms with van der Waals surface area (Å²) >= 11 is 0. The molecule has 5 heterocycles. The van der Waals surface area contributed by atoms with E-state index in [4.69, 9.17) is 15.3 Å². The highest BCUT2D eigenvalue weighted by Crippen LogP contribution is 2.39. The first-order valence-corrected chi connectivity index (χ1v) is 52.0. The monoisotopic (exact) mass is 1650 g/mol. The van der Waals surface area contributed by atoms with Crippen molar-refractivity contribution in [2.45, 2.75) is 144 Å². The highest BCUT2D eigenvalue weighted by Gasteiger charge is 2.32. The van der Waals surface area contributed by atoms with Crippen LogP contribution >= 0.6 is 0 Å². The van der Waals surface area contributed by atoms with Crippen LogP contribution in [-0.2, 0) is 100 Å². The maximum absolute atomic E-state index is 9.82. The van der Waals surface area contributed by atoms with Crippen molar-refractivity contribution in [3.63, 3.8) is 0 Å². The van der Waals surface area contributed by atoms with Crippen molar-refractivity contribution in [3.8, 4) is 51.7 Å². The van der Waals surface area contributed by atoms with E-state index in [1.165, 1.54) is 156 Å². The molecule has 0 spiro atoms. The normalized spacial score (nSPS) is 15.1. The molecular weight excluding hydrogens is 1540 g/mol. The highest BCUT2D eigenvalue weighted by atomic mass is 32.2. The van der Waals surface area contributed by atoms with Gasteiger partial charge in [-0.1, -0.05) is 48.5 Å². The summed E-state index contributed by atoms with van der Waals surface area (Å²) in [6, 6.07) is 60.3. The van der Waals surface area contributed by atoms with Crippen molar-refractivity contribution in [1.29, 1.82) is 0 Å². The number of aromatic hydroxyl groups is 9. The summed E-state index contributed by atoms with van der Waals surface area (Å²) in [7, 11) is 2.67. The minimum absolute atomic E-state index is 0.0385. The average molecular weight is 1650 g/mol. The lowest BCUT2D eigenvalue weighted by Crippen LogP contribution is -2.06. The van der Waals surface area contributed by atoms with Gasteiger partial charge in [0, 0.05) is 137 Å². The van der Waals surface area contributed by atoms with Gasteiger partial charge in [-0.3, -0.25) is 0 Å². The number of benzene rings is 11. The van der Waals surface area contributed by atoms with Crippen molar-refractivity contribution < 1.29 is 56.2 Å². The summed E-state index contributed by atoms with van der Waals surface area (Å²) in [4.78, 5) is 10.6. The van der Waals surface area contributed by atoms with E-state index in [2.05, 4.69) is 110 Å². The third kappa shape index (κ3) is 24.6. The van der Waals surface area contributed by atoms with Gasteiger partial charge >= 0.3 is 0 Å². The number of fused-ring (bicyclic) bond motifs is 3. The standard InChI is InChI=1S/C12H16O3S.2C12H12O2S.2C12H16OS.C12H12OS.C10H12OS.C10H13S/c13-7-9-5-11(16-3-1-2-4-16)6-10(8-14)12(9)15;1-15(2)12-6-5-11(14)9-4-3-8(13)7-10(9)12;1-15(2)11-7-6-9(13)8-4-3-5-10(14)12(8)11;2*1-9-7-11(8-10(2)12(9)13)14-5-3-4-6-14;1-14(2)12-8-7-11(13)9-5-3-4-6-10(9)12;11-9-3-5-10(6-4-9)12-7-1-2-8-12;1-2-6-10(7-3-1)11-8-4-5-9-11/h5-6,13-14H,1-4,7-8H2;2*3-7H,1-2H3,(H-,13,14);2*7-8H,3-6H2,1-2H3;3-8H,1-2H3;3-6H,1-2,7-8H2;1-3,6-7H,4-5,8-9H2/q;;;;;;;+1/p+7. The number of phenols is 9. The fourth-order valence-corrected chi connectivity index (χ4v) is 28.8. The van der Waals surface area contributed by atoms with Gasteiger partial charge < -0.3 is 56.2 Å². The SMILES string of the molecule is C[S+](C)c1ccc(O)c2ccc(O)cc12.C[S+](C)c1ccc(O)c2cccc(O)c12.C[S+](C)c1ccc(O)c2ccccc12.Cc1cc([S+]2CCCC2)cc(C)c1O.Cc1cc([S+]2CCCC2)cc(C)c1O.OCc1cc([S+]2CCCC2)cc(CO)c1O.Oc1ccc([S+]2CCCC2)cc1.c1ccc([S+]2CCCC2)cc1. The van der Waals surface area contributed by atoms with Crippen LogP contribution < -0.4 is 0 Å². The first-order chi connectivity index (χ1) is 53.3. The predicted octanol–water partition coefficient (Wildman–Crippen LogP) is 19.1. The Morgan fingerprint density at radius 3 is 0.991 bits per heavy atom. The Bertz CT molecular complexity index is 4640. The minimum Gasteiger partial charge on any atom is -0.508 e. The smallest absolute Gasteiger partial charge is 0.166 e. The zero-order valence-corrected chi connectivity index (χ0v) is 72.7. The molecule has 0 bridgehead atoms. The predicted molar refractivity (Wildman–Crippen MR) is 485 cm³/mol. The van der Waals surface area contributed by atoms with Crippen LogP contribution in [0.4, 0.5) is 0 Å². The second kappa shape index (κ2) is 43.6. The van der Waals surface area contributed by atoms with Crippen LogP contribution in [0.5, 0.6) is 51.7 Å². The topological polar surface area (TPSA) is 223 Å². The summed E-state index contributed by atoms with van der Waals surface area (Å²) in [5, 5.41) is 110. The third-order valence-corrected chi connectivity index (χ3v) is 36.1. The molecule has 5 saturated heterocycles. The number of hydrogen-bond donors (Lipinski definition) is 11. The molecule has 5 fully saturated rings. The van der Waals surface area contributed by atoms with Crippen molar-refractivity contribution in [3.05, 3.63) is 221 Å². The molecule has 0 radical (unpaired) electrons. The molecule has 11 aromatic rings. The van der Waals surface area contributed by atoms with E-state index in [0.717, 1.165) is 48.7 Å². The molecule has 19 heteroatoms. The zero-order chi connectivity index (χ0) is 79.8. The zero-order valence-electron chi connectivity index (χ0n) is 66.1. The number of phenolic OH excluding ortho intramolecular Hbond substituents is 8. The Morgan fingerprint density at radius 2 is 0.586 bits per heavy atom.